The lowest BCUT2D eigenvalue weighted by atomic mass is 9.89. The van der Waals surface area contributed by atoms with Crippen LogP contribution in [0, 0.1) is 0 Å². The highest BCUT2D eigenvalue weighted by Gasteiger charge is 2.52. The Morgan fingerprint density at radius 2 is 1.38 bits per heavy atom. The molecule has 0 aliphatic carbocycles. The van der Waals surface area contributed by atoms with Crippen LogP contribution in [0.25, 0.3) is 22.3 Å². The number of hydrogen-bond donors (Lipinski definition) is 10. The third-order valence-corrected chi connectivity index (χ3v) is 7.45. The molecule has 2 fully saturated rings. The molecule has 0 amide bonds. The zero-order valence-electron chi connectivity index (χ0n) is 21.7. The van der Waals surface area contributed by atoms with Gasteiger partial charge >= 0.3 is 0 Å². The molecule has 3 aromatic rings. The Kier molecular flexibility index (Phi) is 8.41. The van der Waals surface area contributed by atoms with Crippen LogP contribution >= 0.6 is 0 Å². The predicted octanol–water partition coefficient (Wildman–Crippen LogP) is -2.08. The topological polar surface area (TPSA) is 260 Å². The molecule has 15 nitrogen and oxygen atoms in total. The van der Waals surface area contributed by atoms with Crippen molar-refractivity contribution in [3.05, 3.63) is 52.2 Å². The van der Waals surface area contributed by atoms with Gasteiger partial charge in [-0.2, -0.15) is 0 Å². The van der Waals surface area contributed by atoms with Crippen LogP contribution in [0.2, 0.25) is 0 Å². The highest BCUT2D eigenvalue weighted by Crippen LogP contribution is 2.46. The number of hydrogen-bond acceptors (Lipinski definition) is 15. The lowest BCUT2D eigenvalue weighted by molar-refractivity contribution is -0.342. The molecule has 5 rings (SSSR count). The molecule has 0 spiro atoms. The van der Waals surface area contributed by atoms with E-state index in [-0.39, 0.29) is 17.1 Å². The number of aromatic hydroxyl groups is 3. The molecular formula is C27H30O15. The SMILES string of the molecule is O=c1cc(-c2ccc(O)cc2)oc2cc(O)c(C3O[C@H](CO)[C@@H](O)[C@H](O)[C@H]3O[C@@H]3O[C@H](CO)[C@@H](O)[C@H](O)[C@H]3O)c(O)c12. The van der Waals surface area contributed by atoms with Gasteiger partial charge in [0.2, 0.25) is 0 Å². The fourth-order valence-corrected chi connectivity index (χ4v) is 5.16. The minimum Gasteiger partial charge on any atom is -0.508 e. The van der Waals surface area contributed by atoms with Crippen LogP contribution in [-0.4, -0.2) is 119 Å². The summed E-state index contributed by atoms with van der Waals surface area (Å²) in [5.74, 6) is -1.53. The van der Waals surface area contributed by atoms with Gasteiger partial charge in [-0.15, -0.1) is 0 Å². The second kappa shape index (κ2) is 11.7. The maximum absolute atomic E-state index is 13.1. The quantitative estimate of drug-likeness (QED) is 0.147. The molecule has 2 aromatic carbocycles. The van der Waals surface area contributed by atoms with E-state index in [1.54, 1.807) is 0 Å². The van der Waals surface area contributed by atoms with Crippen LogP contribution in [0.15, 0.2) is 45.6 Å². The van der Waals surface area contributed by atoms with Crippen LogP contribution < -0.4 is 5.43 Å². The van der Waals surface area contributed by atoms with Gasteiger partial charge in [0.05, 0.1) is 18.8 Å². The fourth-order valence-electron chi connectivity index (χ4n) is 5.16. The second-order valence-electron chi connectivity index (χ2n) is 10.1. The average Bonchev–Trinajstić information content (AvgIpc) is 2.96. The molecular weight excluding hydrogens is 564 g/mol. The zero-order chi connectivity index (χ0) is 30.5. The molecule has 1 unspecified atom stereocenters. The van der Waals surface area contributed by atoms with Crippen LogP contribution in [0.3, 0.4) is 0 Å². The standard InChI is InChI=1S/C27H30O15/c28-7-15-20(34)23(37)26(42-27-24(38)22(36)19(33)16(8-29)41-27)25(40-15)18-12(32)6-14-17(21(18)35)11(31)5-13(39-14)9-1-3-10(30)4-2-9/h1-6,15-16,19-20,22-30,32-38H,7-8H2/t15-,16-,19-,20-,22+,23+,24-,25?,26-,27+/m1/s1. The number of benzene rings is 2. The normalized spacial score (nSPS) is 33.6. The smallest absolute Gasteiger partial charge is 0.197 e. The van der Waals surface area contributed by atoms with Crippen molar-refractivity contribution in [2.45, 2.75) is 61.2 Å². The van der Waals surface area contributed by atoms with Crippen molar-refractivity contribution in [1.29, 1.82) is 0 Å². The summed E-state index contributed by atoms with van der Waals surface area (Å²) in [5.41, 5.74) is -1.10. The first-order valence-corrected chi connectivity index (χ1v) is 12.9. The largest absolute Gasteiger partial charge is 0.508 e. The third kappa shape index (κ3) is 5.20. The van der Waals surface area contributed by atoms with Crippen molar-refractivity contribution in [3.8, 4) is 28.6 Å². The minimum absolute atomic E-state index is 0.0247. The Morgan fingerprint density at radius 1 is 0.762 bits per heavy atom. The summed E-state index contributed by atoms with van der Waals surface area (Å²) in [6, 6.07) is 7.75. The fraction of sp³-hybridized carbons (Fsp3) is 0.444. The molecule has 10 atom stereocenters. The number of phenols is 3. The zero-order valence-corrected chi connectivity index (χ0v) is 21.7. The van der Waals surface area contributed by atoms with Gasteiger partial charge in [-0.25, -0.2) is 0 Å². The number of rotatable bonds is 6. The second-order valence-corrected chi connectivity index (χ2v) is 10.1. The van der Waals surface area contributed by atoms with E-state index in [0.717, 1.165) is 12.1 Å². The first-order chi connectivity index (χ1) is 20.0. The summed E-state index contributed by atoms with van der Waals surface area (Å²) >= 11 is 0. The van der Waals surface area contributed by atoms with Crippen LogP contribution in [0.4, 0.5) is 0 Å². The summed E-state index contributed by atoms with van der Waals surface area (Å²) < 4.78 is 22.4. The lowest BCUT2D eigenvalue weighted by Gasteiger charge is -2.46. The van der Waals surface area contributed by atoms with E-state index in [1.807, 2.05) is 0 Å². The molecule has 1 aromatic heterocycles. The van der Waals surface area contributed by atoms with E-state index in [9.17, 15) is 55.9 Å². The summed E-state index contributed by atoms with van der Waals surface area (Å²) in [6.07, 6.45) is -17.4. The highest BCUT2D eigenvalue weighted by atomic mass is 16.7. The Morgan fingerprint density at radius 3 is 2.02 bits per heavy atom. The number of fused-ring (bicyclic) bond motifs is 1. The molecule has 2 aliphatic heterocycles. The van der Waals surface area contributed by atoms with Crippen LogP contribution in [0.1, 0.15) is 11.7 Å². The number of aliphatic hydroxyl groups excluding tert-OH is 7. The summed E-state index contributed by atoms with van der Waals surface area (Å²) in [4.78, 5) is 13.1. The number of aliphatic hydroxyl groups is 7. The number of phenolic OH excluding ortho intramolecular Hbond substituents is 3. The van der Waals surface area contributed by atoms with Crippen molar-refractivity contribution in [1.82, 2.24) is 0 Å². The average molecular weight is 595 g/mol. The first-order valence-electron chi connectivity index (χ1n) is 12.9. The van der Waals surface area contributed by atoms with Crippen molar-refractivity contribution in [3.63, 3.8) is 0 Å². The molecule has 0 saturated carbocycles. The van der Waals surface area contributed by atoms with Crippen LogP contribution in [0.5, 0.6) is 17.2 Å². The molecule has 10 N–H and O–H groups in total. The van der Waals surface area contributed by atoms with Crippen molar-refractivity contribution in [2.75, 3.05) is 13.2 Å². The summed E-state index contributed by atoms with van der Waals surface area (Å²) in [7, 11) is 0. The first kappa shape index (κ1) is 30.1. The van der Waals surface area contributed by atoms with Gasteiger partial charge in [-0.05, 0) is 24.3 Å². The van der Waals surface area contributed by atoms with E-state index in [0.29, 0.717) is 5.56 Å². The molecule has 3 heterocycles. The van der Waals surface area contributed by atoms with Gasteiger partial charge in [0.1, 0.15) is 88.9 Å². The van der Waals surface area contributed by atoms with E-state index in [1.165, 1.54) is 24.3 Å². The summed E-state index contributed by atoms with van der Waals surface area (Å²) in [5, 5.41) is 103. The van der Waals surface area contributed by atoms with Crippen molar-refractivity contribution in [2.24, 2.45) is 0 Å². The molecule has 2 saturated heterocycles. The molecule has 228 valence electrons. The Balaban J connectivity index is 1.58. The minimum atomic E-state index is -1.92. The van der Waals surface area contributed by atoms with Gasteiger partial charge in [0.25, 0.3) is 0 Å². The summed E-state index contributed by atoms with van der Waals surface area (Å²) in [6.45, 7) is -1.62. The van der Waals surface area contributed by atoms with Gasteiger partial charge in [-0.3, -0.25) is 4.79 Å². The maximum Gasteiger partial charge on any atom is 0.197 e. The van der Waals surface area contributed by atoms with E-state index in [2.05, 4.69) is 0 Å². The van der Waals surface area contributed by atoms with E-state index >= 15 is 0 Å². The van der Waals surface area contributed by atoms with Gasteiger partial charge in [0.15, 0.2) is 11.7 Å². The van der Waals surface area contributed by atoms with E-state index < -0.39 is 102 Å². The Hall–Kier alpha value is -3.35. The van der Waals surface area contributed by atoms with Gasteiger partial charge in [0, 0.05) is 17.7 Å². The highest BCUT2D eigenvalue weighted by molar-refractivity contribution is 5.88. The van der Waals surface area contributed by atoms with Crippen molar-refractivity contribution < 1.29 is 69.7 Å². The molecule has 42 heavy (non-hydrogen) atoms. The van der Waals surface area contributed by atoms with Crippen molar-refractivity contribution >= 4 is 11.0 Å². The van der Waals surface area contributed by atoms with E-state index in [4.69, 9.17) is 18.6 Å². The predicted molar refractivity (Wildman–Crippen MR) is 138 cm³/mol. The van der Waals surface area contributed by atoms with Gasteiger partial charge < -0.3 is 69.7 Å². The van der Waals surface area contributed by atoms with Gasteiger partial charge in [-0.1, -0.05) is 0 Å². The maximum atomic E-state index is 13.1. The van der Waals surface area contributed by atoms with Crippen LogP contribution in [-0.2, 0) is 14.2 Å². The Bertz CT molecular complexity index is 1470. The molecule has 15 heteroatoms. The Labute approximate surface area is 236 Å². The number of ether oxygens (including phenoxy) is 3. The molecule has 0 bridgehead atoms. The molecule has 2 aliphatic rings. The monoisotopic (exact) mass is 594 g/mol. The lowest BCUT2D eigenvalue weighted by Crippen LogP contribution is -2.62. The molecule has 0 radical (unpaired) electrons. The third-order valence-electron chi connectivity index (χ3n) is 7.45.